The zero-order chi connectivity index (χ0) is 23.8. The molecule has 32 heavy (non-hydrogen) atoms. The summed E-state index contributed by atoms with van der Waals surface area (Å²) in [6.07, 6.45) is 12.7. The number of hydrogen-bond acceptors (Lipinski definition) is 4. The largest absolute Gasteiger partial charge is 0.463 e. The molecule has 1 unspecified atom stereocenters. The maximum Gasteiger partial charge on any atom is 0.302 e. The quantitative estimate of drug-likeness (QED) is 0.176. The average molecular weight is 446 g/mol. The number of unbranched alkanes of at least 4 members (excludes halogenated alkanes) is 7. The molecule has 0 radical (unpaired) electrons. The highest BCUT2D eigenvalue weighted by molar-refractivity contribution is 5.96. The van der Waals surface area contributed by atoms with Gasteiger partial charge in [-0.15, -0.1) is 0 Å². The van der Waals surface area contributed by atoms with Crippen molar-refractivity contribution in [3.05, 3.63) is 35.4 Å². The molecule has 0 aliphatic heterocycles. The van der Waals surface area contributed by atoms with Gasteiger partial charge in [0.1, 0.15) is 6.61 Å². The molecule has 180 valence electrons. The Bertz CT molecular complexity index is 698. The first-order valence-electron chi connectivity index (χ1n) is 12.3. The molecule has 5 heteroatoms. The number of esters is 1. The normalized spacial score (nSPS) is 12.8. The Labute approximate surface area is 194 Å². The van der Waals surface area contributed by atoms with Crippen LogP contribution in [0, 0.1) is 0 Å². The van der Waals surface area contributed by atoms with Crippen molar-refractivity contribution in [1.82, 2.24) is 5.32 Å². The van der Waals surface area contributed by atoms with E-state index in [1.54, 1.807) is 0 Å². The predicted octanol–water partition coefficient (Wildman–Crippen LogP) is 6.18. The molecule has 1 aromatic rings. The zero-order valence-electron chi connectivity index (χ0n) is 20.6. The topological polar surface area (TPSA) is 72.5 Å². The Hall–Kier alpha value is -2.17. The lowest BCUT2D eigenvalue weighted by molar-refractivity contribution is -0.144. The smallest absolute Gasteiger partial charge is 0.302 e. The molecule has 0 aliphatic carbocycles. The van der Waals surface area contributed by atoms with Gasteiger partial charge in [0.05, 0.1) is 5.54 Å². The van der Waals surface area contributed by atoms with Gasteiger partial charge in [0.15, 0.2) is 5.78 Å². The van der Waals surface area contributed by atoms with Gasteiger partial charge in [-0.1, -0.05) is 76.1 Å². The monoisotopic (exact) mass is 445 g/mol. The van der Waals surface area contributed by atoms with Crippen molar-refractivity contribution >= 4 is 17.7 Å². The van der Waals surface area contributed by atoms with Crippen LogP contribution in [0.1, 0.15) is 114 Å². The van der Waals surface area contributed by atoms with Crippen molar-refractivity contribution in [1.29, 1.82) is 0 Å². The van der Waals surface area contributed by atoms with Gasteiger partial charge >= 0.3 is 5.97 Å². The van der Waals surface area contributed by atoms with E-state index in [4.69, 9.17) is 4.74 Å². The van der Waals surface area contributed by atoms with Crippen LogP contribution in [0.3, 0.4) is 0 Å². The molecule has 0 spiro atoms. The Morgan fingerprint density at radius 3 is 2.09 bits per heavy atom. The van der Waals surface area contributed by atoms with Crippen LogP contribution < -0.4 is 5.32 Å². The van der Waals surface area contributed by atoms with Crippen LogP contribution in [0.5, 0.6) is 0 Å². The van der Waals surface area contributed by atoms with Crippen LogP contribution in [0.25, 0.3) is 0 Å². The first-order valence-corrected chi connectivity index (χ1v) is 12.3. The number of aryl methyl sites for hydroxylation is 1. The summed E-state index contributed by atoms with van der Waals surface area (Å²) in [4.78, 5) is 35.0. The lowest BCUT2D eigenvalue weighted by Crippen LogP contribution is -2.49. The van der Waals surface area contributed by atoms with Crippen molar-refractivity contribution in [2.75, 3.05) is 6.61 Å². The van der Waals surface area contributed by atoms with Crippen LogP contribution in [0.15, 0.2) is 24.3 Å². The lowest BCUT2D eigenvalue weighted by atomic mass is 9.94. The third-order valence-corrected chi connectivity index (χ3v) is 5.80. The molecular formula is C27H43NO4. The zero-order valence-corrected chi connectivity index (χ0v) is 20.6. The number of carbonyl (C=O) groups is 3. The minimum atomic E-state index is -0.552. The van der Waals surface area contributed by atoms with Crippen LogP contribution in [0.2, 0.25) is 0 Å². The third-order valence-electron chi connectivity index (χ3n) is 5.80. The first-order chi connectivity index (χ1) is 15.3. The first kappa shape index (κ1) is 27.9. The van der Waals surface area contributed by atoms with E-state index in [9.17, 15) is 14.4 Å². The molecule has 1 atom stereocenters. The molecule has 0 bridgehead atoms. The number of rotatable bonds is 17. The molecule has 0 heterocycles. The number of Topliss-reactive ketones (excluding diaryl/α,β-unsaturated/α-hetero) is 1. The number of carbonyl (C=O) groups excluding carboxylic acids is 3. The van der Waals surface area contributed by atoms with Gasteiger partial charge < -0.3 is 10.1 Å². The standard InChI is InChI=1S/C27H43NO4/c1-5-6-7-8-9-10-11-15-26(31)25-18-16-24(17-19-25)14-12-13-20-27(4,28-22(2)29)21-32-23(3)30/h16-19H,5-15,20-21H2,1-4H3,(H,28,29). The molecule has 0 saturated heterocycles. The molecule has 0 fully saturated rings. The highest BCUT2D eigenvalue weighted by atomic mass is 16.5. The third kappa shape index (κ3) is 12.6. The van der Waals surface area contributed by atoms with E-state index in [1.807, 2.05) is 31.2 Å². The summed E-state index contributed by atoms with van der Waals surface area (Å²) in [6, 6.07) is 7.98. The number of benzene rings is 1. The van der Waals surface area contributed by atoms with Gasteiger partial charge in [-0.3, -0.25) is 14.4 Å². The van der Waals surface area contributed by atoms with E-state index < -0.39 is 5.54 Å². The van der Waals surface area contributed by atoms with Crippen molar-refractivity contribution in [2.24, 2.45) is 0 Å². The Kier molecular flexibility index (Phi) is 13.6. The Balaban J connectivity index is 2.35. The molecule has 0 aromatic heterocycles. The van der Waals surface area contributed by atoms with E-state index in [-0.39, 0.29) is 24.3 Å². The van der Waals surface area contributed by atoms with Crippen molar-refractivity contribution < 1.29 is 19.1 Å². The highest BCUT2D eigenvalue weighted by Gasteiger charge is 2.26. The molecule has 1 rings (SSSR count). The van der Waals surface area contributed by atoms with E-state index in [2.05, 4.69) is 12.2 Å². The van der Waals surface area contributed by atoms with Gasteiger partial charge in [0.25, 0.3) is 0 Å². The van der Waals surface area contributed by atoms with Crippen molar-refractivity contribution in [3.8, 4) is 0 Å². The van der Waals surface area contributed by atoms with Crippen LogP contribution in [-0.4, -0.2) is 29.8 Å². The van der Waals surface area contributed by atoms with E-state index >= 15 is 0 Å². The van der Waals surface area contributed by atoms with Gasteiger partial charge in [-0.05, 0) is 38.2 Å². The van der Waals surface area contributed by atoms with E-state index in [0.717, 1.165) is 44.1 Å². The maximum atomic E-state index is 12.4. The van der Waals surface area contributed by atoms with Crippen LogP contribution >= 0.6 is 0 Å². The molecule has 0 saturated carbocycles. The number of hydrogen-bond donors (Lipinski definition) is 1. The summed E-state index contributed by atoms with van der Waals surface area (Å²) in [7, 11) is 0. The summed E-state index contributed by atoms with van der Waals surface area (Å²) in [6.45, 7) is 7.15. The maximum absolute atomic E-state index is 12.4. The summed E-state index contributed by atoms with van der Waals surface area (Å²) in [5, 5.41) is 2.91. The fourth-order valence-electron chi connectivity index (χ4n) is 3.95. The van der Waals surface area contributed by atoms with Gasteiger partial charge in [0, 0.05) is 25.8 Å². The highest BCUT2D eigenvalue weighted by Crippen LogP contribution is 2.18. The fraction of sp³-hybridized carbons (Fsp3) is 0.667. The lowest BCUT2D eigenvalue weighted by Gasteiger charge is -2.29. The molecule has 0 aliphatic rings. The Morgan fingerprint density at radius 2 is 1.50 bits per heavy atom. The van der Waals surface area contributed by atoms with Gasteiger partial charge in [0.2, 0.25) is 5.91 Å². The fourth-order valence-corrected chi connectivity index (χ4v) is 3.95. The van der Waals surface area contributed by atoms with E-state index in [0.29, 0.717) is 6.42 Å². The second-order valence-electron chi connectivity index (χ2n) is 9.22. The average Bonchev–Trinajstić information content (AvgIpc) is 2.74. The number of amides is 1. The molecule has 1 aromatic carbocycles. The predicted molar refractivity (Wildman–Crippen MR) is 130 cm³/mol. The minimum Gasteiger partial charge on any atom is -0.463 e. The number of ether oxygens (including phenoxy) is 1. The molecule has 1 N–H and O–H groups in total. The number of ketones is 1. The summed E-state index contributed by atoms with van der Waals surface area (Å²) >= 11 is 0. The SMILES string of the molecule is CCCCCCCCCC(=O)c1ccc(CCCCC(C)(COC(C)=O)NC(C)=O)cc1. The van der Waals surface area contributed by atoms with Crippen molar-refractivity contribution in [2.45, 2.75) is 110 Å². The summed E-state index contributed by atoms with van der Waals surface area (Å²) in [5.74, 6) is -0.235. The molecule has 1 amide bonds. The summed E-state index contributed by atoms with van der Waals surface area (Å²) in [5.41, 5.74) is 1.46. The number of nitrogens with one attached hydrogen (secondary N) is 1. The second kappa shape index (κ2) is 15.6. The molecular weight excluding hydrogens is 402 g/mol. The second-order valence-corrected chi connectivity index (χ2v) is 9.22. The minimum absolute atomic E-state index is 0.128. The van der Waals surface area contributed by atoms with Gasteiger partial charge in [-0.25, -0.2) is 0 Å². The van der Waals surface area contributed by atoms with Crippen LogP contribution in [-0.2, 0) is 20.7 Å². The van der Waals surface area contributed by atoms with Gasteiger partial charge in [-0.2, -0.15) is 0 Å². The van der Waals surface area contributed by atoms with Crippen LogP contribution in [0.4, 0.5) is 0 Å². The van der Waals surface area contributed by atoms with E-state index in [1.165, 1.54) is 51.5 Å². The summed E-state index contributed by atoms with van der Waals surface area (Å²) < 4.78 is 5.13. The Morgan fingerprint density at radius 1 is 0.875 bits per heavy atom. The van der Waals surface area contributed by atoms with Crippen molar-refractivity contribution in [3.63, 3.8) is 0 Å². The molecule has 5 nitrogen and oxygen atoms in total.